The van der Waals surface area contributed by atoms with Gasteiger partial charge < -0.3 is 5.32 Å². The van der Waals surface area contributed by atoms with Crippen LogP contribution < -0.4 is 5.32 Å². The first-order valence-electron chi connectivity index (χ1n) is 6.85. The van der Waals surface area contributed by atoms with Crippen LogP contribution in [0.1, 0.15) is 22.3 Å². The van der Waals surface area contributed by atoms with Crippen LogP contribution in [0.2, 0.25) is 10.0 Å². The van der Waals surface area contributed by atoms with Gasteiger partial charge in [0.25, 0.3) is 5.91 Å². The molecule has 0 spiro atoms. The zero-order valence-corrected chi connectivity index (χ0v) is 12.9. The van der Waals surface area contributed by atoms with Gasteiger partial charge in [-0.05, 0) is 29.8 Å². The van der Waals surface area contributed by atoms with Crippen molar-refractivity contribution in [2.45, 2.75) is 12.6 Å². The minimum absolute atomic E-state index is 0.0885. The molecule has 0 radical (unpaired) electrons. The number of carbonyl (C=O) groups is 1. The average molecular weight is 332 g/mol. The zero-order chi connectivity index (χ0) is 15.3. The van der Waals surface area contributed by atoms with E-state index in [2.05, 4.69) is 10.4 Å². The van der Waals surface area contributed by atoms with Crippen LogP contribution in [-0.2, 0) is 0 Å². The number of hydrazone groups is 1. The van der Waals surface area contributed by atoms with E-state index in [1.807, 2.05) is 24.3 Å². The Hall–Kier alpha value is -2.04. The van der Waals surface area contributed by atoms with E-state index < -0.39 is 0 Å². The van der Waals surface area contributed by atoms with Crippen LogP contribution in [-0.4, -0.2) is 22.8 Å². The van der Waals surface area contributed by atoms with Gasteiger partial charge in [0.1, 0.15) is 6.17 Å². The van der Waals surface area contributed by atoms with Gasteiger partial charge >= 0.3 is 0 Å². The number of anilines is 1. The van der Waals surface area contributed by atoms with E-state index >= 15 is 0 Å². The molecule has 0 saturated heterocycles. The summed E-state index contributed by atoms with van der Waals surface area (Å²) in [6, 6.07) is 12.8. The van der Waals surface area contributed by atoms with Gasteiger partial charge in [0, 0.05) is 12.1 Å². The lowest BCUT2D eigenvalue weighted by Crippen LogP contribution is -2.42. The molecule has 4 rings (SSSR count). The summed E-state index contributed by atoms with van der Waals surface area (Å²) in [6.45, 7) is 0. The van der Waals surface area contributed by atoms with Gasteiger partial charge in [0.05, 0.1) is 21.3 Å². The topological polar surface area (TPSA) is 44.7 Å². The predicted molar refractivity (Wildman–Crippen MR) is 87.6 cm³/mol. The first-order chi connectivity index (χ1) is 10.6. The SMILES string of the molecule is O=C1c2ccccc2NC2CC(c3ccc(Cl)c(Cl)c3)=NN12. The third kappa shape index (κ3) is 2.07. The normalized spacial score (nSPS) is 19.4. The van der Waals surface area contributed by atoms with Crippen LogP contribution in [0.3, 0.4) is 0 Å². The Kier molecular flexibility index (Phi) is 3.10. The molecular formula is C16H11Cl2N3O. The summed E-state index contributed by atoms with van der Waals surface area (Å²) in [5.41, 5.74) is 3.18. The molecule has 1 unspecified atom stereocenters. The maximum Gasteiger partial charge on any atom is 0.278 e. The molecule has 1 amide bonds. The highest BCUT2D eigenvalue weighted by molar-refractivity contribution is 6.42. The molecular weight excluding hydrogens is 321 g/mol. The van der Waals surface area contributed by atoms with Gasteiger partial charge in [-0.2, -0.15) is 5.10 Å². The molecule has 1 atom stereocenters. The predicted octanol–water partition coefficient (Wildman–Crippen LogP) is 4.00. The molecule has 4 nitrogen and oxygen atoms in total. The van der Waals surface area contributed by atoms with Gasteiger partial charge in [-0.1, -0.05) is 41.4 Å². The fraction of sp³-hybridized carbons (Fsp3) is 0.125. The van der Waals surface area contributed by atoms with E-state index in [1.54, 1.807) is 18.2 Å². The van der Waals surface area contributed by atoms with Gasteiger partial charge in [-0.3, -0.25) is 4.79 Å². The van der Waals surface area contributed by atoms with Gasteiger partial charge in [-0.15, -0.1) is 0 Å². The number of benzene rings is 2. The molecule has 0 fully saturated rings. The molecule has 22 heavy (non-hydrogen) atoms. The van der Waals surface area contributed by atoms with Crippen molar-refractivity contribution in [1.82, 2.24) is 5.01 Å². The molecule has 0 aliphatic carbocycles. The number of hydrogen-bond donors (Lipinski definition) is 1. The highest BCUT2D eigenvalue weighted by atomic mass is 35.5. The summed E-state index contributed by atoms with van der Waals surface area (Å²) in [5, 5.41) is 10.3. The van der Waals surface area contributed by atoms with E-state index in [9.17, 15) is 4.79 Å². The Balaban J connectivity index is 1.70. The third-order valence-corrected chi connectivity index (χ3v) is 4.59. The maximum atomic E-state index is 12.5. The molecule has 2 aliphatic heterocycles. The number of nitrogens with one attached hydrogen (secondary N) is 1. The lowest BCUT2D eigenvalue weighted by molar-refractivity contribution is 0.0718. The summed E-state index contributed by atoms with van der Waals surface area (Å²) in [5.74, 6) is -0.0885. The Morgan fingerprint density at radius 3 is 2.77 bits per heavy atom. The number of carbonyl (C=O) groups excluding carboxylic acids is 1. The van der Waals surface area contributed by atoms with Crippen LogP contribution in [0, 0.1) is 0 Å². The van der Waals surface area contributed by atoms with Crippen LogP contribution in [0.4, 0.5) is 5.69 Å². The summed E-state index contributed by atoms with van der Waals surface area (Å²) < 4.78 is 0. The van der Waals surface area contributed by atoms with Crippen LogP contribution in [0.25, 0.3) is 0 Å². The minimum Gasteiger partial charge on any atom is -0.363 e. The lowest BCUT2D eigenvalue weighted by Gasteiger charge is -2.29. The Morgan fingerprint density at radius 1 is 1.14 bits per heavy atom. The number of amides is 1. The fourth-order valence-electron chi connectivity index (χ4n) is 2.76. The van der Waals surface area contributed by atoms with Crippen molar-refractivity contribution < 1.29 is 4.79 Å². The molecule has 0 bridgehead atoms. The second-order valence-corrected chi connectivity index (χ2v) is 6.05. The fourth-order valence-corrected chi connectivity index (χ4v) is 3.06. The summed E-state index contributed by atoms with van der Waals surface area (Å²) >= 11 is 12.0. The van der Waals surface area contributed by atoms with Crippen molar-refractivity contribution in [3.8, 4) is 0 Å². The van der Waals surface area contributed by atoms with E-state index in [0.717, 1.165) is 17.0 Å². The number of fused-ring (bicyclic) bond motifs is 2. The number of hydrogen-bond acceptors (Lipinski definition) is 3. The molecule has 0 aromatic heterocycles. The van der Waals surface area contributed by atoms with Crippen molar-refractivity contribution in [3.63, 3.8) is 0 Å². The van der Waals surface area contributed by atoms with Gasteiger partial charge in [0.2, 0.25) is 0 Å². The summed E-state index contributed by atoms with van der Waals surface area (Å²) in [7, 11) is 0. The van der Waals surface area contributed by atoms with Crippen molar-refractivity contribution in [2.24, 2.45) is 5.10 Å². The molecule has 2 aliphatic rings. The number of para-hydroxylation sites is 1. The second kappa shape index (κ2) is 5.00. The second-order valence-electron chi connectivity index (χ2n) is 5.24. The van der Waals surface area contributed by atoms with Gasteiger partial charge in [-0.25, -0.2) is 5.01 Å². The minimum atomic E-state index is -0.160. The van der Waals surface area contributed by atoms with E-state index in [0.29, 0.717) is 22.0 Å². The number of rotatable bonds is 1. The van der Waals surface area contributed by atoms with Crippen molar-refractivity contribution in [2.75, 3.05) is 5.32 Å². The van der Waals surface area contributed by atoms with Crippen molar-refractivity contribution in [1.29, 1.82) is 0 Å². The first-order valence-corrected chi connectivity index (χ1v) is 7.61. The molecule has 2 aromatic carbocycles. The molecule has 0 saturated carbocycles. The summed E-state index contributed by atoms with van der Waals surface area (Å²) in [6.07, 6.45) is 0.463. The van der Waals surface area contributed by atoms with E-state index in [-0.39, 0.29) is 12.1 Å². The number of halogens is 2. The monoisotopic (exact) mass is 331 g/mol. The Labute approximate surface area is 137 Å². The average Bonchev–Trinajstić information content (AvgIpc) is 2.94. The number of nitrogens with zero attached hydrogens (tertiary/aromatic N) is 2. The van der Waals surface area contributed by atoms with Crippen LogP contribution in [0.5, 0.6) is 0 Å². The molecule has 2 aromatic rings. The largest absolute Gasteiger partial charge is 0.363 e. The first kappa shape index (κ1) is 13.6. The molecule has 2 heterocycles. The highest BCUT2D eigenvalue weighted by Gasteiger charge is 2.37. The molecule has 1 N–H and O–H groups in total. The molecule has 6 heteroatoms. The van der Waals surface area contributed by atoms with Crippen molar-refractivity contribution >= 4 is 40.5 Å². The van der Waals surface area contributed by atoms with Crippen LogP contribution in [0.15, 0.2) is 47.6 Å². The maximum absolute atomic E-state index is 12.5. The smallest absolute Gasteiger partial charge is 0.278 e. The summed E-state index contributed by atoms with van der Waals surface area (Å²) in [4.78, 5) is 12.5. The standard InChI is InChI=1S/C16H11Cl2N3O/c17-11-6-5-9(7-12(11)18)14-8-15-19-13-4-2-1-3-10(13)16(22)21(15)20-14/h1-7,15,19H,8H2. The zero-order valence-electron chi connectivity index (χ0n) is 11.4. The lowest BCUT2D eigenvalue weighted by atomic mass is 10.0. The highest BCUT2D eigenvalue weighted by Crippen LogP contribution is 2.32. The Bertz CT molecular complexity index is 819. The van der Waals surface area contributed by atoms with E-state index in [4.69, 9.17) is 23.2 Å². The van der Waals surface area contributed by atoms with Crippen molar-refractivity contribution in [3.05, 3.63) is 63.6 Å². The van der Waals surface area contributed by atoms with Crippen LogP contribution >= 0.6 is 23.2 Å². The van der Waals surface area contributed by atoms with Gasteiger partial charge in [0.15, 0.2) is 0 Å². The Morgan fingerprint density at radius 2 is 1.95 bits per heavy atom. The molecule has 110 valence electrons. The quantitative estimate of drug-likeness (QED) is 0.858. The third-order valence-electron chi connectivity index (χ3n) is 3.85. The van der Waals surface area contributed by atoms with E-state index in [1.165, 1.54) is 5.01 Å².